The summed E-state index contributed by atoms with van der Waals surface area (Å²) in [6.45, 7) is 0.222. The highest BCUT2D eigenvalue weighted by atomic mass is 35.5. The molecule has 0 atom stereocenters. The van der Waals surface area contributed by atoms with Crippen molar-refractivity contribution < 1.29 is 18.4 Å². The number of hydrogen-bond acceptors (Lipinski definition) is 3. The molecule has 1 heterocycles. The van der Waals surface area contributed by atoms with Gasteiger partial charge in [-0.25, -0.2) is 4.39 Å². The molecule has 5 nitrogen and oxygen atoms in total. The largest absolute Gasteiger partial charge is 0.467 e. The minimum atomic E-state index is -0.533. The summed E-state index contributed by atoms with van der Waals surface area (Å²) in [5.41, 5.74) is 0.734. The highest BCUT2D eigenvalue weighted by Crippen LogP contribution is 2.21. The summed E-state index contributed by atoms with van der Waals surface area (Å²) in [6.07, 6.45) is 3.96. The van der Waals surface area contributed by atoms with Gasteiger partial charge in [0.25, 0.3) is 5.91 Å². The van der Waals surface area contributed by atoms with E-state index in [4.69, 9.17) is 16.0 Å². The minimum absolute atomic E-state index is 0.115. The lowest BCUT2D eigenvalue weighted by atomic mass is 10.1. The standard InChI is InChI=1S/C21H16ClFN2O3/c22-17-7-3-8-18(23)15(17)10-11-20(26)25-19-9-2-1-6-16(19)21(27)24-13-14-5-4-12-28-14/h1-12H,13H2,(H,24,27)(H,25,26)/b11-10+. The first kappa shape index (κ1) is 19.4. The Balaban J connectivity index is 1.69. The first-order valence-corrected chi connectivity index (χ1v) is 8.75. The van der Waals surface area contributed by atoms with E-state index < -0.39 is 11.7 Å². The fourth-order valence-electron chi connectivity index (χ4n) is 2.47. The van der Waals surface area contributed by atoms with E-state index in [9.17, 15) is 14.0 Å². The van der Waals surface area contributed by atoms with Crippen molar-refractivity contribution in [2.75, 3.05) is 5.32 Å². The zero-order valence-electron chi connectivity index (χ0n) is 14.6. The highest BCUT2D eigenvalue weighted by Gasteiger charge is 2.13. The van der Waals surface area contributed by atoms with Gasteiger partial charge in [0.1, 0.15) is 11.6 Å². The molecule has 2 amide bonds. The number of nitrogens with one attached hydrogen (secondary N) is 2. The number of para-hydroxylation sites is 1. The minimum Gasteiger partial charge on any atom is -0.467 e. The summed E-state index contributed by atoms with van der Waals surface area (Å²) in [6, 6.07) is 14.3. The number of amides is 2. The Labute approximate surface area is 165 Å². The number of furan rings is 1. The Morgan fingerprint density at radius 1 is 1.07 bits per heavy atom. The van der Waals surface area contributed by atoms with Gasteiger partial charge >= 0.3 is 0 Å². The first-order valence-electron chi connectivity index (χ1n) is 8.37. The Morgan fingerprint density at radius 3 is 2.64 bits per heavy atom. The molecule has 0 aliphatic rings. The van der Waals surface area contributed by atoms with E-state index in [1.54, 1.807) is 36.4 Å². The highest BCUT2D eigenvalue weighted by molar-refractivity contribution is 6.32. The second-order valence-electron chi connectivity index (χ2n) is 5.77. The van der Waals surface area contributed by atoms with Crippen LogP contribution in [0.2, 0.25) is 5.02 Å². The topological polar surface area (TPSA) is 71.3 Å². The van der Waals surface area contributed by atoms with E-state index in [1.165, 1.54) is 30.5 Å². The molecule has 0 saturated carbocycles. The van der Waals surface area contributed by atoms with E-state index >= 15 is 0 Å². The second-order valence-corrected chi connectivity index (χ2v) is 6.17. The molecule has 0 aliphatic heterocycles. The van der Waals surface area contributed by atoms with Crippen LogP contribution < -0.4 is 10.6 Å². The number of carbonyl (C=O) groups is 2. The van der Waals surface area contributed by atoms with Gasteiger partial charge < -0.3 is 15.1 Å². The van der Waals surface area contributed by atoms with Crippen molar-refractivity contribution in [2.45, 2.75) is 6.54 Å². The fraction of sp³-hybridized carbons (Fsp3) is 0.0476. The van der Waals surface area contributed by atoms with Gasteiger partial charge in [0.05, 0.1) is 29.1 Å². The Hall–Kier alpha value is -3.38. The predicted molar refractivity (Wildman–Crippen MR) is 105 cm³/mol. The van der Waals surface area contributed by atoms with Gasteiger partial charge in [-0.15, -0.1) is 0 Å². The van der Waals surface area contributed by atoms with Crippen LogP contribution in [0.25, 0.3) is 6.08 Å². The molecule has 2 N–H and O–H groups in total. The Bertz CT molecular complexity index is 996. The van der Waals surface area contributed by atoms with Gasteiger partial charge in [0, 0.05) is 11.6 Å². The zero-order chi connectivity index (χ0) is 19.9. The number of carbonyl (C=O) groups excluding carboxylic acids is 2. The molecule has 1 aromatic heterocycles. The number of anilines is 1. The third kappa shape index (κ3) is 4.86. The van der Waals surface area contributed by atoms with Gasteiger partial charge in [-0.05, 0) is 42.5 Å². The van der Waals surface area contributed by atoms with Crippen LogP contribution in [0.4, 0.5) is 10.1 Å². The molecule has 0 radical (unpaired) electrons. The fourth-order valence-corrected chi connectivity index (χ4v) is 2.70. The summed E-state index contributed by atoms with van der Waals surface area (Å²) in [5, 5.41) is 5.53. The predicted octanol–water partition coefficient (Wildman–Crippen LogP) is 4.65. The molecule has 0 saturated heterocycles. The average molecular weight is 399 g/mol. The van der Waals surface area contributed by atoms with Crippen LogP contribution in [0.3, 0.4) is 0 Å². The van der Waals surface area contributed by atoms with Crippen LogP contribution in [-0.2, 0) is 11.3 Å². The SMILES string of the molecule is O=C(/C=C/c1c(F)cccc1Cl)Nc1ccccc1C(=O)NCc1ccco1. The van der Waals surface area contributed by atoms with Crippen molar-refractivity contribution in [3.05, 3.63) is 94.7 Å². The molecular formula is C21H16ClFN2O3. The molecule has 7 heteroatoms. The third-order valence-corrected chi connectivity index (χ3v) is 4.16. The number of halogens is 2. The van der Waals surface area contributed by atoms with Crippen molar-refractivity contribution in [3.8, 4) is 0 Å². The molecule has 142 valence electrons. The maximum absolute atomic E-state index is 13.8. The summed E-state index contributed by atoms with van der Waals surface area (Å²) in [4.78, 5) is 24.6. The Kier molecular flexibility index (Phi) is 6.24. The summed E-state index contributed by atoms with van der Waals surface area (Å²) >= 11 is 5.93. The van der Waals surface area contributed by atoms with Gasteiger partial charge in [0.2, 0.25) is 5.91 Å². The van der Waals surface area contributed by atoms with Crippen molar-refractivity contribution in [3.63, 3.8) is 0 Å². The molecule has 2 aromatic carbocycles. The van der Waals surface area contributed by atoms with Crippen LogP contribution in [0.1, 0.15) is 21.7 Å². The first-order chi connectivity index (χ1) is 13.5. The van der Waals surface area contributed by atoms with Gasteiger partial charge in [-0.2, -0.15) is 0 Å². The summed E-state index contributed by atoms with van der Waals surface area (Å²) in [5.74, 6) is -0.812. The number of benzene rings is 2. The maximum atomic E-state index is 13.8. The molecule has 0 bridgehead atoms. The van der Waals surface area contributed by atoms with Crippen LogP contribution in [-0.4, -0.2) is 11.8 Å². The molecule has 0 aliphatic carbocycles. The van der Waals surface area contributed by atoms with Gasteiger partial charge in [0.15, 0.2) is 0 Å². The van der Waals surface area contributed by atoms with Crippen molar-refractivity contribution in [2.24, 2.45) is 0 Å². The van der Waals surface area contributed by atoms with Crippen LogP contribution >= 0.6 is 11.6 Å². The summed E-state index contributed by atoms with van der Waals surface area (Å²) < 4.78 is 18.9. The van der Waals surface area contributed by atoms with Crippen molar-refractivity contribution in [1.82, 2.24) is 5.32 Å². The van der Waals surface area contributed by atoms with Crippen LogP contribution in [0.15, 0.2) is 71.4 Å². The van der Waals surface area contributed by atoms with E-state index in [-0.39, 0.29) is 23.0 Å². The van der Waals surface area contributed by atoms with E-state index in [0.29, 0.717) is 17.0 Å². The van der Waals surface area contributed by atoms with Crippen LogP contribution in [0, 0.1) is 5.82 Å². The quantitative estimate of drug-likeness (QED) is 0.593. The zero-order valence-corrected chi connectivity index (χ0v) is 15.4. The van der Waals surface area contributed by atoms with Gasteiger partial charge in [-0.1, -0.05) is 29.8 Å². The molecular weight excluding hydrogens is 383 g/mol. The number of hydrogen-bond donors (Lipinski definition) is 2. The lowest BCUT2D eigenvalue weighted by Gasteiger charge is -2.10. The Morgan fingerprint density at radius 2 is 1.89 bits per heavy atom. The number of rotatable bonds is 6. The monoisotopic (exact) mass is 398 g/mol. The second kappa shape index (κ2) is 9.01. The lowest BCUT2D eigenvalue weighted by Crippen LogP contribution is -2.24. The van der Waals surface area contributed by atoms with E-state index in [2.05, 4.69) is 10.6 Å². The smallest absolute Gasteiger partial charge is 0.253 e. The molecule has 0 spiro atoms. The van der Waals surface area contributed by atoms with E-state index in [1.807, 2.05) is 0 Å². The molecule has 3 rings (SSSR count). The lowest BCUT2D eigenvalue weighted by molar-refractivity contribution is -0.111. The average Bonchev–Trinajstić information content (AvgIpc) is 3.20. The van der Waals surface area contributed by atoms with Gasteiger partial charge in [-0.3, -0.25) is 9.59 Å². The van der Waals surface area contributed by atoms with Crippen molar-refractivity contribution in [1.29, 1.82) is 0 Å². The summed E-state index contributed by atoms with van der Waals surface area (Å²) in [7, 11) is 0. The van der Waals surface area contributed by atoms with Crippen molar-refractivity contribution >= 4 is 35.2 Å². The molecule has 28 heavy (non-hydrogen) atoms. The van der Waals surface area contributed by atoms with E-state index in [0.717, 1.165) is 6.08 Å². The normalized spacial score (nSPS) is 10.8. The molecule has 3 aromatic rings. The van der Waals surface area contributed by atoms with Crippen LogP contribution in [0.5, 0.6) is 0 Å². The molecule has 0 unspecified atom stereocenters. The maximum Gasteiger partial charge on any atom is 0.253 e. The third-order valence-electron chi connectivity index (χ3n) is 3.83. The molecule has 0 fully saturated rings.